The molecule has 7 N–H and O–H groups in total. The van der Waals surface area contributed by atoms with Crippen molar-refractivity contribution in [1.82, 2.24) is 35.2 Å². The van der Waals surface area contributed by atoms with Gasteiger partial charge in [-0.3, -0.25) is 24.7 Å². The second kappa shape index (κ2) is 23.2. The molecule has 8 rings (SSSR count). The number of aryl methyl sites for hydroxylation is 4. The minimum absolute atomic E-state index is 0. The molecule has 0 unspecified atom stereocenters. The largest absolute Gasteiger partial charge is 0.465 e. The number of nitrogens with zero attached hydrogens (tertiary/aromatic N) is 6. The molecule has 0 saturated carbocycles. The number of amides is 1. The smallest absolute Gasteiger partial charge is 0.337 e. The number of nitrogens with two attached hydrogens (primary N) is 3. The van der Waals surface area contributed by atoms with Crippen LogP contribution in [-0.4, -0.2) is 78.2 Å². The van der Waals surface area contributed by atoms with Crippen LogP contribution in [0.5, 0.6) is 0 Å². The molecule has 0 spiro atoms. The van der Waals surface area contributed by atoms with Crippen molar-refractivity contribution in [1.29, 1.82) is 0 Å². The van der Waals surface area contributed by atoms with E-state index in [1.165, 1.54) is 19.6 Å². The molecule has 8 aromatic rings. The molecule has 2 aromatic carbocycles. The zero-order valence-corrected chi connectivity index (χ0v) is 41.4. The third kappa shape index (κ3) is 14.4. The summed E-state index contributed by atoms with van der Waals surface area (Å²) in [6.07, 6.45) is 9.88. The molecular formula is C52H58N10O7S2. The lowest BCUT2D eigenvalue weighted by Gasteiger charge is -2.12. The summed E-state index contributed by atoms with van der Waals surface area (Å²) in [5.41, 5.74) is 28.2. The Morgan fingerprint density at radius 2 is 1.06 bits per heavy atom. The lowest BCUT2D eigenvalue weighted by atomic mass is 10.1. The molecular weight excluding hydrogens is 941 g/mol. The van der Waals surface area contributed by atoms with Gasteiger partial charge in [0.05, 0.1) is 33.5 Å². The maximum absolute atomic E-state index is 12.8. The predicted octanol–water partition coefficient (Wildman–Crippen LogP) is 6.93. The average molecular weight is 999 g/mol. The summed E-state index contributed by atoms with van der Waals surface area (Å²) < 4.78 is 51.9. The van der Waals surface area contributed by atoms with Crippen LogP contribution in [0.2, 0.25) is 0 Å². The van der Waals surface area contributed by atoms with Crippen LogP contribution in [0, 0.1) is 27.7 Å². The Bertz CT molecular complexity index is 3450. The summed E-state index contributed by atoms with van der Waals surface area (Å²) in [4.78, 5) is 50.7. The van der Waals surface area contributed by atoms with Crippen molar-refractivity contribution in [2.75, 3.05) is 31.1 Å². The molecule has 6 heterocycles. The zero-order valence-electron chi connectivity index (χ0n) is 39.8. The lowest BCUT2D eigenvalue weighted by molar-refractivity contribution is 0.0600. The van der Waals surface area contributed by atoms with E-state index in [4.69, 9.17) is 21.9 Å². The molecule has 19 heteroatoms. The van der Waals surface area contributed by atoms with Gasteiger partial charge in [0, 0.05) is 102 Å². The summed E-state index contributed by atoms with van der Waals surface area (Å²) in [6, 6.07) is 23.8. The molecule has 0 atom stereocenters. The van der Waals surface area contributed by atoms with E-state index in [-0.39, 0.29) is 23.1 Å². The van der Waals surface area contributed by atoms with Gasteiger partial charge in [0.15, 0.2) is 19.7 Å². The second-order valence-electron chi connectivity index (χ2n) is 16.6. The first-order chi connectivity index (χ1) is 33.1. The molecule has 0 fully saturated rings. The van der Waals surface area contributed by atoms with Gasteiger partial charge in [-0.15, -0.1) is 0 Å². The van der Waals surface area contributed by atoms with Crippen LogP contribution in [0.25, 0.3) is 21.8 Å². The number of hydrogen-bond donors (Lipinski definition) is 4. The van der Waals surface area contributed by atoms with Crippen LogP contribution in [0.4, 0.5) is 11.6 Å². The van der Waals surface area contributed by atoms with Crippen molar-refractivity contribution in [3.8, 4) is 0 Å². The standard InChI is InChI=1S/C25H25N5O3S.C18H16N2O4S.C8H13N3.CH4/c1-15-8-24(26)30-16(2)22(15)14-29-25(31)18-6-7-27-20(11-18)10-17-9-19-12-21(34(3,32)33)4-5-23(19)28-13-17;1-24-18(21)13-5-6-19-15(9-13)8-12-7-14-10-16(25(2,22)23)3-4-17(14)20-11-12;1-5-3-8(10)11-6(2)7(5)4-9;/h4-9,11-13H,10,14H2,1-3H3,(H2,26,30)(H,29,31);3-7,9-11H,8H2,1-2H3;3H,4,9H2,1-2H3,(H2,10,11);1H4. The fourth-order valence-corrected chi connectivity index (χ4v) is 8.85. The molecule has 0 aliphatic carbocycles. The van der Waals surface area contributed by atoms with Crippen LogP contribution in [0.15, 0.2) is 120 Å². The Morgan fingerprint density at radius 3 is 1.49 bits per heavy atom. The van der Waals surface area contributed by atoms with Crippen LogP contribution < -0.4 is 22.5 Å². The van der Waals surface area contributed by atoms with E-state index >= 15 is 0 Å². The molecule has 71 heavy (non-hydrogen) atoms. The average Bonchev–Trinajstić information content (AvgIpc) is 3.30. The van der Waals surface area contributed by atoms with Crippen molar-refractivity contribution in [2.24, 2.45) is 5.73 Å². The van der Waals surface area contributed by atoms with E-state index in [1.807, 2.05) is 45.9 Å². The van der Waals surface area contributed by atoms with E-state index in [0.717, 1.165) is 55.5 Å². The minimum atomic E-state index is -3.31. The van der Waals surface area contributed by atoms with Gasteiger partial charge in [-0.1, -0.05) is 7.43 Å². The maximum atomic E-state index is 12.8. The molecule has 1 amide bonds. The highest BCUT2D eigenvalue weighted by atomic mass is 32.2. The van der Waals surface area contributed by atoms with E-state index in [9.17, 15) is 26.4 Å². The van der Waals surface area contributed by atoms with Crippen LogP contribution in [0.1, 0.15) is 84.3 Å². The highest BCUT2D eigenvalue weighted by molar-refractivity contribution is 7.91. The van der Waals surface area contributed by atoms with Gasteiger partial charge in [-0.2, -0.15) is 0 Å². The number of fused-ring (bicyclic) bond motifs is 2. The first-order valence-electron chi connectivity index (χ1n) is 21.7. The van der Waals surface area contributed by atoms with Gasteiger partial charge >= 0.3 is 5.97 Å². The molecule has 0 bridgehead atoms. The van der Waals surface area contributed by atoms with Gasteiger partial charge in [-0.25, -0.2) is 31.6 Å². The highest BCUT2D eigenvalue weighted by Gasteiger charge is 2.14. The number of ether oxygens (including phenoxy) is 1. The van der Waals surface area contributed by atoms with Gasteiger partial charge in [-0.05, 0) is 146 Å². The number of nitrogen functional groups attached to an aromatic ring is 2. The number of anilines is 2. The van der Waals surface area contributed by atoms with Gasteiger partial charge in [0.25, 0.3) is 5.91 Å². The molecule has 370 valence electrons. The van der Waals surface area contributed by atoms with Crippen molar-refractivity contribution in [3.05, 3.63) is 177 Å². The Hall–Kier alpha value is -7.74. The van der Waals surface area contributed by atoms with Crippen molar-refractivity contribution in [3.63, 3.8) is 0 Å². The number of rotatable bonds is 11. The van der Waals surface area contributed by atoms with Gasteiger partial charge in [0.2, 0.25) is 0 Å². The number of methoxy groups -OCH3 is 1. The SMILES string of the molecule is C.COC(=O)c1ccnc(Cc2cnc3ccc(S(C)(=O)=O)cc3c2)c1.Cc1cc(N)nc(C)c1CN.Cc1cc(N)nc(C)c1CNC(=O)c1ccnc(Cc2cnc3ccc(S(C)(=O)=O)cc3c2)c1. The van der Waals surface area contributed by atoms with Crippen molar-refractivity contribution < 1.29 is 31.2 Å². The highest BCUT2D eigenvalue weighted by Crippen LogP contribution is 2.23. The van der Waals surface area contributed by atoms with Crippen LogP contribution in [0.3, 0.4) is 0 Å². The number of sulfone groups is 2. The quantitative estimate of drug-likeness (QED) is 0.0956. The Labute approximate surface area is 414 Å². The third-order valence-electron chi connectivity index (χ3n) is 11.1. The topological polar surface area (TPSA) is 279 Å². The molecule has 0 aliphatic rings. The number of aromatic nitrogens is 6. The number of benzene rings is 2. The zero-order chi connectivity index (χ0) is 50.9. The number of carbonyl (C=O) groups is 2. The number of pyridine rings is 6. The monoisotopic (exact) mass is 998 g/mol. The van der Waals surface area contributed by atoms with Crippen molar-refractivity contribution >= 4 is 65.0 Å². The summed E-state index contributed by atoms with van der Waals surface area (Å²) in [5, 5.41) is 4.41. The van der Waals surface area contributed by atoms with Crippen molar-refractivity contribution in [2.45, 2.75) is 70.8 Å². The van der Waals surface area contributed by atoms with Crippen LogP contribution >= 0.6 is 0 Å². The van der Waals surface area contributed by atoms with E-state index in [0.29, 0.717) is 71.1 Å². The summed E-state index contributed by atoms with van der Waals surface area (Å²) in [7, 11) is -5.26. The fraction of sp³-hybridized carbons (Fsp3) is 0.231. The number of carbonyl (C=O) groups excluding carboxylic acids is 2. The molecule has 6 aromatic heterocycles. The van der Waals surface area contributed by atoms with E-state index < -0.39 is 25.6 Å². The molecule has 17 nitrogen and oxygen atoms in total. The summed E-state index contributed by atoms with van der Waals surface area (Å²) in [6.45, 7) is 8.60. The molecule has 0 aliphatic heterocycles. The fourth-order valence-electron chi connectivity index (χ4n) is 7.54. The van der Waals surface area contributed by atoms with E-state index in [1.54, 1.807) is 91.5 Å². The minimum Gasteiger partial charge on any atom is -0.465 e. The predicted molar refractivity (Wildman–Crippen MR) is 277 cm³/mol. The third-order valence-corrected chi connectivity index (χ3v) is 13.4. The Balaban J connectivity index is 0.000000221. The normalized spacial score (nSPS) is 11.1. The lowest BCUT2D eigenvalue weighted by Crippen LogP contribution is -2.24. The van der Waals surface area contributed by atoms with Gasteiger partial charge < -0.3 is 27.3 Å². The number of nitrogens with one attached hydrogen (secondary N) is 1. The number of hydrogen-bond acceptors (Lipinski definition) is 16. The molecule has 0 saturated heterocycles. The van der Waals surface area contributed by atoms with Crippen LogP contribution in [-0.2, 0) is 50.3 Å². The Kier molecular flexibility index (Phi) is 17.7. The second-order valence-corrected chi connectivity index (χ2v) is 20.6. The van der Waals surface area contributed by atoms with Gasteiger partial charge in [0.1, 0.15) is 11.6 Å². The summed E-state index contributed by atoms with van der Waals surface area (Å²) in [5.74, 6) is 0.392. The van der Waals surface area contributed by atoms with E-state index in [2.05, 4.69) is 35.2 Å². The maximum Gasteiger partial charge on any atom is 0.337 e. The Morgan fingerprint density at radius 1 is 0.606 bits per heavy atom. The molecule has 0 radical (unpaired) electrons. The summed E-state index contributed by atoms with van der Waals surface area (Å²) >= 11 is 0. The number of esters is 1. The first kappa shape index (κ1) is 54.2. The first-order valence-corrected chi connectivity index (χ1v) is 25.5.